The molecule has 5 aromatic rings. The molecular weight excluding hydrogens is 511 g/mol. The van der Waals surface area contributed by atoms with Crippen LogP contribution in [0.15, 0.2) is 109 Å². The number of amides is 1. The number of fused-ring (bicyclic) bond motifs is 1. The molecule has 0 aliphatic carbocycles. The number of aryl methyl sites for hydroxylation is 1. The molecule has 2 aromatic heterocycles. The van der Waals surface area contributed by atoms with Crippen molar-refractivity contribution in [2.24, 2.45) is 0 Å². The van der Waals surface area contributed by atoms with Crippen LogP contribution < -0.4 is 5.32 Å². The van der Waals surface area contributed by atoms with E-state index in [9.17, 15) is 18.0 Å². The van der Waals surface area contributed by atoms with Gasteiger partial charge in [0, 0.05) is 36.7 Å². The maximum Gasteiger partial charge on any atom is 0.416 e. The number of hydrogen-bond donors (Lipinski definition) is 1. The number of aromatic nitrogens is 2. The molecule has 0 aliphatic heterocycles. The van der Waals surface area contributed by atoms with Crippen LogP contribution in [0.1, 0.15) is 58.3 Å². The maximum atomic E-state index is 13.6. The molecule has 1 unspecified atom stereocenters. The zero-order valence-corrected chi connectivity index (χ0v) is 22.1. The molecule has 7 heteroatoms. The van der Waals surface area contributed by atoms with Crippen molar-refractivity contribution < 1.29 is 18.0 Å². The minimum atomic E-state index is -4.48. The van der Waals surface area contributed by atoms with Gasteiger partial charge in [0.2, 0.25) is 5.91 Å². The van der Waals surface area contributed by atoms with E-state index in [0.717, 1.165) is 29.0 Å². The number of nitrogens with zero attached hydrogens (tertiary/aromatic N) is 2. The van der Waals surface area contributed by atoms with E-state index < -0.39 is 17.7 Å². The number of carbonyl (C=O) groups excluding carboxylic acids is 1. The first-order valence-corrected chi connectivity index (χ1v) is 13.3. The smallest absolute Gasteiger partial charge is 0.356 e. The summed E-state index contributed by atoms with van der Waals surface area (Å²) < 4.78 is 42.6. The number of rotatable bonds is 9. The number of benzene rings is 3. The second-order valence-electron chi connectivity index (χ2n) is 9.94. The molecule has 5 rings (SSSR count). The minimum absolute atomic E-state index is 0.00915. The average Bonchev–Trinajstić information content (AvgIpc) is 3.40. The van der Waals surface area contributed by atoms with Gasteiger partial charge in [0.05, 0.1) is 11.3 Å². The van der Waals surface area contributed by atoms with E-state index in [1.54, 1.807) is 12.3 Å². The van der Waals surface area contributed by atoms with Gasteiger partial charge in [0.25, 0.3) is 0 Å². The maximum absolute atomic E-state index is 13.6. The molecule has 1 atom stereocenters. The van der Waals surface area contributed by atoms with Crippen molar-refractivity contribution in [1.82, 2.24) is 14.7 Å². The van der Waals surface area contributed by atoms with Crippen LogP contribution >= 0.6 is 0 Å². The Labute approximate surface area is 231 Å². The third-order valence-electron chi connectivity index (χ3n) is 7.27. The molecule has 0 bridgehead atoms. The number of hydrogen-bond acceptors (Lipinski definition) is 2. The van der Waals surface area contributed by atoms with Crippen LogP contribution in [0.25, 0.3) is 5.65 Å². The summed E-state index contributed by atoms with van der Waals surface area (Å²) in [5.41, 5.74) is 4.24. The standard InChI is InChI=1S/C33H30F3N3O/c1-23-10-8-17-31-38-22-30(39(23)31)29(26-15-9-16-27(20-26)33(34,35)36)21-32(40)37-19-18-28(24-11-4-2-5-12-24)25-13-6-3-7-14-25/h2-17,20,22,28-29H,18-19,21H2,1H3,(H,37,40). The van der Waals surface area contributed by atoms with E-state index in [0.29, 0.717) is 29.9 Å². The largest absolute Gasteiger partial charge is 0.416 e. The minimum Gasteiger partial charge on any atom is -0.356 e. The van der Waals surface area contributed by atoms with Crippen molar-refractivity contribution in [2.75, 3.05) is 6.54 Å². The molecule has 0 radical (unpaired) electrons. The fourth-order valence-electron chi connectivity index (χ4n) is 5.31. The van der Waals surface area contributed by atoms with Gasteiger partial charge in [-0.1, -0.05) is 84.9 Å². The molecule has 0 saturated carbocycles. The molecule has 4 nitrogen and oxygen atoms in total. The summed E-state index contributed by atoms with van der Waals surface area (Å²) in [4.78, 5) is 17.8. The van der Waals surface area contributed by atoms with Crippen molar-refractivity contribution in [2.45, 2.75) is 37.8 Å². The van der Waals surface area contributed by atoms with Crippen LogP contribution in [0.5, 0.6) is 0 Å². The number of imidazole rings is 1. The number of halogens is 3. The van der Waals surface area contributed by atoms with Gasteiger partial charge in [-0.25, -0.2) is 4.98 Å². The van der Waals surface area contributed by atoms with E-state index in [2.05, 4.69) is 34.6 Å². The van der Waals surface area contributed by atoms with Gasteiger partial charge in [0.15, 0.2) is 0 Å². The highest BCUT2D eigenvalue weighted by atomic mass is 19.4. The quantitative estimate of drug-likeness (QED) is 0.210. The van der Waals surface area contributed by atoms with Crippen molar-refractivity contribution >= 4 is 11.6 Å². The topological polar surface area (TPSA) is 46.4 Å². The molecule has 1 amide bonds. The van der Waals surface area contributed by atoms with E-state index >= 15 is 0 Å². The Bertz CT molecular complexity index is 1540. The summed E-state index contributed by atoms with van der Waals surface area (Å²) in [6.07, 6.45) is -2.16. The first-order valence-electron chi connectivity index (χ1n) is 13.3. The molecule has 0 fully saturated rings. The molecule has 40 heavy (non-hydrogen) atoms. The van der Waals surface area contributed by atoms with Gasteiger partial charge in [-0.05, 0) is 48.2 Å². The first-order chi connectivity index (χ1) is 19.3. The lowest BCUT2D eigenvalue weighted by Gasteiger charge is -2.21. The molecule has 0 spiro atoms. The van der Waals surface area contributed by atoms with Gasteiger partial charge in [-0.15, -0.1) is 0 Å². The Morgan fingerprint density at radius 3 is 2.10 bits per heavy atom. The monoisotopic (exact) mass is 541 g/mol. The predicted molar refractivity (Wildman–Crippen MR) is 150 cm³/mol. The molecule has 1 N–H and O–H groups in total. The highest BCUT2D eigenvalue weighted by Gasteiger charge is 2.32. The Morgan fingerprint density at radius 2 is 1.45 bits per heavy atom. The molecule has 204 valence electrons. The number of carbonyl (C=O) groups is 1. The van der Waals surface area contributed by atoms with Gasteiger partial charge < -0.3 is 9.72 Å². The average molecular weight is 542 g/mol. The third-order valence-corrected chi connectivity index (χ3v) is 7.27. The molecule has 0 aliphatic rings. The van der Waals surface area contributed by atoms with E-state index in [1.807, 2.05) is 65.9 Å². The third kappa shape index (κ3) is 6.09. The van der Waals surface area contributed by atoms with Crippen LogP contribution in [0.2, 0.25) is 0 Å². The second kappa shape index (κ2) is 11.8. The summed E-state index contributed by atoms with van der Waals surface area (Å²) >= 11 is 0. The Kier molecular flexibility index (Phi) is 8.01. The van der Waals surface area contributed by atoms with Crippen LogP contribution in [0.4, 0.5) is 13.2 Å². The van der Waals surface area contributed by atoms with E-state index in [-0.39, 0.29) is 18.2 Å². The predicted octanol–water partition coefficient (Wildman–Crippen LogP) is 7.52. The Balaban J connectivity index is 1.39. The summed E-state index contributed by atoms with van der Waals surface area (Å²) in [6, 6.07) is 31.1. The van der Waals surface area contributed by atoms with Crippen molar-refractivity contribution in [3.63, 3.8) is 0 Å². The lowest BCUT2D eigenvalue weighted by atomic mass is 9.88. The fraction of sp³-hybridized carbons (Fsp3) is 0.212. The van der Waals surface area contributed by atoms with Crippen LogP contribution in [-0.2, 0) is 11.0 Å². The number of alkyl halides is 3. The van der Waals surface area contributed by atoms with E-state index in [1.165, 1.54) is 6.07 Å². The van der Waals surface area contributed by atoms with Gasteiger partial charge in [-0.2, -0.15) is 13.2 Å². The Hall–Kier alpha value is -4.39. The summed E-state index contributed by atoms with van der Waals surface area (Å²) in [7, 11) is 0. The van der Waals surface area contributed by atoms with Crippen LogP contribution in [-0.4, -0.2) is 21.8 Å². The normalized spacial score (nSPS) is 12.5. The lowest BCUT2D eigenvalue weighted by molar-refractivity contribution is -0.137. The lowest BCUT2D eigenvalue weighted by Crippen LogP contribution is -2.28. The van der Waals surface area contributed by atoms with Gasteiger partial charge in [0.1, 0.15) is 5.65 Å². The molecule has 3 aromatic carbocycles. The van der Waals surface area contributed by atoms with Gasteiger partial charge >= 0.3 is 6.18 Å². The second-order valence-corrected chi connectivity index (χ2v) is 9.94. The molecule has 2 heterocycles. The van der Waals surface area contributed by atoms with Crippen molar-refractivity contribution in [1.29, 1.82) is 0 Å². The highest BCUT2D eigenvalue weighted by molar-refractivity contribution is 5.77. The van der Waals surface area contributed by atoms with Crippen LogP contribution in [0, 0.1) is 6.92 Å². The Morgan fingerprint density at radius 1 is 0.825 bits per heavy atom. The SMILES string of the molecule is Cc1cccc2ncc(C(CC(=O)NCCC(c3ccccc3)c3ccccc3)c3cccc(C(F)(F)F)c3)n12. The van der Waals surface area contributed by atoms with Crippen LogP contribution in [0.3, 0.4) is 0 Å². The highest BCUT2D eigenvalue weighted by Crippen LogP contribution is 2.35. The fourth-order valence-corrected chi connectivity index (χ4v) is 5.31. The van der Waals surface area contributed by atoms with Crippen molar-refractivity contribution in [3.05, 3.63) is 143 Å². The molecule has 0 saturated heterocycles. The zero-order chi connectivity index (χ0) is 28.1. The summed E-state index contributed by atoms with van der Waals surface area (Å²) in [5.74, 6) is -0.744. The summed E-state index contributed by atoms with van der Waals surface area (Å²) in [6.45, 7) is 2.34. The number of nitrogens with one attached hydrogen (secondary N) is 1. The van der Waals surface area contributed by atoms with E-state index in [4.69, 9.17) is 0 Å². The molecular formula is C33H30F3N3O. The first kappa shape index (κ1) is 27.2. The van der Waals surface area contributed by atoms with Crippen molar-refractivity contribution in [3.8, 4) is 0 Å². The van der Waals surface area contributed by atoms with Gasteiger partial charge in [-0.3, -0.25) is 4.79 Å². The number of pyridine rings is 1. The zero-order valence-electron chi connectivity index (χ0n) is 22.1. The summed E-state index contributed by atoms with van der Waals surface area (Å²) in [5, 5.41) is 3.03.